The van der Waals surface area contributed by atoms with Gasteiger partial charge in [0.2, 0.25) is 0 Å². The van der Waals surface area contributed by atoms with Crippen LogP contribution in [0.3, 0.4) is 0 Å². The van der Waals surface area contributed by atoms with Gasteiger partial charge in [0.15, 0.2) is 6.61 Å². The van der Waals surface area contributed by atoms with Crippen LogP contribution >= 0.6 is 10.7 Å². The topological polar surface area (TPSA) is 72.5 Å². The van der Waals surface area contributed by atoms with Crippen molar-refractivity contribution in [3.05, 3.63) is 24.0 Å². The van der Waals surface area contributed by atoms with Crippen molar-refractivity contribution in [3.63, 3.8) is 0 Å². The Hall–Kier alpha value is -1.34. The molecular weight excluding hydrogens is 321 g/mol. The second-order valence-electron chi connectivity index (χ2n) is 4.40. The van der Waals surface area contributed by atoms with Crippen LogP contribution in [0.25, 0.3) is 0 Å². The molecular formula is C13H17ClFNO4S. The summed E-state index contributed by atoms with van der Waals surface area (Å²) in [4.78, 5) is 11.2. The second-order valence-corrected chi connectivity index (χ2v) is 6.93. The molecule has 5 nitrogen and oxygen atoms in total. The molecule has 1 amide bonds. The quantitative estimate of drug-likeness (QED) is 0.776. The van der Waals surface area contributed by atoms with E-state index in [9.17, 15) is 17.6 Å². The van der Waals surface area contributed by atoms with Crippen LogP contribution in [0.2, 0.25) is 0 Å². The number of carbonyl (C=O) groups is 1. The number of rotatable bonds is 7. The van der Waals surface area contributed by atoms with Crippen molar-refractivity contribution in [1.82, 2.24) is 5.32 Å². The number of carbonyl (C=O) groups excluding carboxylic acids is 1. The highest BCUT2D eigenvalue weighted by Gasteiger charge is 2.19. The molecule has 0 aliphatic carbocycles. The van der Waals surface area contributed by atoms with Crippen LogP contribution in [0, 0.1) is 5.82 Å². The van der Waals surface area contributed by atoms with Crippen LogP contribution in [0.5, 0.6) is 5.75 Å². The number of benzene rings is 1. The van der Waals surface area contributed by atoms with Gasteiger partial charge < -0.3 is 10.1 Å². The summed E-state index contributed by atoms with van der Waals surface area (Å²) < 4.78 is 40.9. The monoisotopic (exact) mass is 337 g/mol. The first-order valence-electron chi connectivity index (χ1n) is 6.44. The van der Waals surface area contributed by atoms with E-state index in [0.717, 1.165) is 31.0 Å². The summed E-state index contributed by atoms with van der Waals surface area (Å²) in [6, 6.07) is 2.93. The Labute approximate surface area is 127 Å². The summed E-state index contributed by atoms with van der Waals surface area (Å²) in [7, 11) is 1.04. The number of amides is 1. The van der Waals surface area contributed by atoms with Gasteiger partial charge in [-0.2, -0.15) is 0 Å². The predicted molar refractivity (Wildman–Crippen MR) is 77.4 cm³/mol. The van der Waals surface area contributed by atoms with Gasteiger partial charge >= 0.3 is 0 Å². The van der Waals surface area contributed by atoms with E-state index in [-0.39, 0.29) is 24.3 Å². The molecule has 1 aromatic rings. The van der Waals surface area contributed by atoms with E-state index in [1.165, 1.54) is 0 Å². The zero-order valence-corrected chi connectivity index (χ0v) is 13.3. The number of hydrogen-bond acceptors (Lipinski definition) is 4. The van der Waals surface area contributed by atoms with Crippen LogP contribution in [0.15, 0.2) is 23.1 Å². The number of hydrogen-bond donors (Lipinski definition) is 1. The van der Waals surface area contributed by atoms with Crippen molar-refractivity contribution >= 4 is 25.6 Å². The number of ether oxygens (including phenoxy) is 1. The lowest BCUT2D eigenvalue weighted by Crippen LogP contribution is -2.37. The molecule has 0 aliphatic rings. The zero-order chi connectivity index (χ0) is 16.0. The molecule has 1 aromatic carbocycles. The molecule has 8 heteroatoms. The van der Waals surface area contributed by atoms with Gasteiger partial charge in [0.1, 0.15) is 16.5 Å². The summed E-state index contributed by atoms with van der Waals surface area (Å²) in [5, 5.41) is 2.74. The largest absolute Gasteiger partial charge is 0.482 e. The average molecular weight is 338 g/mol. The van der Waals surface area contributed by atoms with Crippen molar-refractivity contribution in [3.8, 4) is 5.75 Å². The molecule has 0 saturated carbocycles. The molecule has 118 valence electrons. The predicted octanol–water partition coefficient (Wildman–Crippen LogP) is 2.44. The highest BCUT2D eigenvalue weighted by atomic mass is 35.7. The van der Waals surface area contributed by atoms with Gasteiger partial charge in [-0.05, 0) is 31.0 Å². The molecule has 0 fully saturated rings. The molecule has 21 heavy (non-hydrogen) atoms. The lowest BCUT2D eigenvalue weighted by atomic mass is 10.2. The van der Waals surface area contributed by atoms with E-state index >= 15 is 0 Å². The van der Waals surface area contributed by atoms with Crippen molar-refractivity contribution in [2.75, 3.05) is 6.61 Å². The fourth-order valence-electron chi connectivity index (χ4n) is 1.70. The van der Waals surface area contributed by atoms with Crippen LogP contribution in [-0.2, 0) is 13.8 Å². The zero-order valence-electron chi connectivity index (χ0n) is 11.7. The van der Waals surface area contributed by atoms with Gasteiger partial charge in [-0.1, -0.05) is 13.8 Å². The molecule has 1 rings (SSSR count). The van der Waals surface area contributed by atoms with Gasteiger partial charge in [-0.25, -0.2) is 12.8 Å². The Morgan fingerprint density at radius 1 is 1.38 bits per heavy atom. The molecule has 0 saturated heterocycles. The highest BCUT2D eigenvalue weighted by molar-refractivity contribution is 8.13. The Kier molecular flexibility index (Phi) is 6.42. The lowest BCUT2D eigenvalue weighted by molar-refractivity contribution is -0.123. The molecule has 0 unspecified atom stereocenters. The van der Waals surface area contributed by atoms with E-state index in [0.29, 0.717) is 0 Å². The fourth-order valence-corrected chi connectivity index (χ4v) is 2.68. The normalized spacial score (nSPS) is 11.5. The van der Waals surface area contributed by atoms with Crippen molar-refractivity contribution < 1.29 is 22.3 Å². The Morgan fingerprint density at radius 3 is 2.52 bits per heavy atom. The first kappa shape index (κ1) is 17.7. The first-order chi connectivity index (χ1) is 9.77. The van der Waals surface area contributed by atoms with E-state index in [1.54, 1.807) is 0 Å². The molecule has 0 aromatic heterocycles. The Morgan fingerprint density at radius 2 is 2.00 bits per heavy atom. The van der Waals surface area contributed by atoms with E-state index < -0.39 is 19.8 Å². The van der Waals surface area contributed by atoms with Crippen LogP contribution < -0.4 is 10.1 Å². The second kappa shape index (κ2) is 7.61. The van der Waals surface area contributed by atoms with Crippen LogP contribution in [-0.4, -0.2) is 27.0 Å². The van der Waals surface area contributed by atoms with Crippen molar-refractivity contribution in [2.45, 2.75) is 37.6 Å². The maximum Gasteiger partial charge on any atom is 0.265 e. The summed E-state index contributed by atoms with van der Waals surface area (Å²) in [6.45, 7) is 3.50. The van der Waals surface area contributed by atoms with Gasteiger partial charge in [-0.3, -0.25) is 4.79 Å². The lowest BCUT2D eigenvalue weighted by Gasteiger charge is -2.15. The molecule has 0 spiro atoms. The minimum absolute atomic E-state index is 0.0329. The summed E-state index contributed by atoms with van der Waals surface area (Å²) in [5.41, 5.74) is 0. The number of nitrogens with one attached hydrogen (secondary N) is 1. The Balaban J connectivity index is 2.78. The standard InChI is InChI=1S/C13H17ClFNO4S/c1-3-10(4-2)16-13(17)8-20-11-6-5-9(15)7-12(11)21(14,18)19/h5-7,10H,3-4,8H2,1-2H3,(H,16,17). The minimum atomic E-state index is -4.16. The summed E-state index contributed by atoms with van der Waals surface area (Å²) in [6.07, 6.45) is 1.56. The first-order valence-corrected chi connectivity index (χ1v) is 8.75. The molecule has 0 bridgehead atoms. The van der Waals surface area contributed by atoms with Gasteiger partial charge in [0.05, 0.1) is 0 Å². The van der Waals surface area contributed by atoms with Crippen molar-refractivity contribution in [2.24, 2.45) is 0 Å². The third-order valence-electron chi connectivity index (χ3n) is 2.88. The van der Waals surface area contributed by atoms with Gasteiger partial charge in [-0.15, -0.1) is 0 Å². The smallest absolute Gasteiger partial charge is 0.265 e. The summed E-state index contributed by atoms with van der Waals surface area (Å²) >= 11 is 0. The van der Waals surface area contributed by atoms with Crippen LogP contribution in [0.4, 0.5) is 4.39 Å². The summed E-state index contributed by atoms with van der Waals surface area (Å²) in [5.74, 6) is -1.31. The maximum atomic E-state index is 13.1. The number of halogens is 2. The molecule has 1 N–H and O–H groups in total. The van der Waals surface area contributed by atoms with Crippen LogP contribution in [0.1, 0.15) is 26.7 Å². The van der Waals surface area contributed by atoms with Gasteiger partial charge in [0.25, 0.3) is 15.0 Å². The van der Waals surface area contributed by atoms with Gasteiger partial charge in [0, 0.05) is 16.7 Å². The van der Waals surface area contributed by atoms with Crippen molar-refractivity contribution in [1.29, 1.82) is 0 Å². The van der Waals surface area contributed by atoms with E-state index in [1.807, 2.05) is 13.8 Å². The molecule has 0 atom stereocenters. The highest BCUT2D eigenvalue weighted by Crippen LogP contribution is 2.27. The minimum Gasteiger partial charge on any atom is -0.482 e. The third-order valence-corrected chi connectivity index (χ3v) is 4.22. The molecule has 0 heterocycles. The fraction of sp³-hybridized carbons (Fsp3) is 0.462. The molecule has 0 aliphatic heterocycles. The Bertz CT molecular complexity index is 602. The SMILES string of the molecule is CCC(CC)NC(=O)COc1ccc(F)cc1S(=O)(=O)Cl. The third kappa shape index (κ3) is 5.51. The molecule has 0 radical (unpaired) electrons. The maximum absolute atomic E-state index is 13.1. The van der Waals surface area contributed by atoms with E-state index in [4.69, 9.17) is 15.4 Å². The van der Waals surface area contributed by atoms with E-state index in [2.05, 4.69) is 5.32 Å². The average Bonchev–Trinajstić information content (AvgIpc) is 2.42.